The molecule has 0 aromatic heterocycles. The summed E-state index contributed by atoms with van der Waals surface area (Å²) in [6.45, 7) is 0. The van der Waals surface area contributed by atoms with Crippen LogP contribution in [0.15, 0.2) is 40.1 Å². The molecule has 3 N–H and O–H groups in total. The van der Waals surface area contributed by atoms with Crippen molar-refractivity contribution in [2.24, 2.45) is 0 Å². The van der Waals surface area contributed by atoms with Crippen LogP contribution in [0.25, 0.3) is 0 Å². The van der Waals surface area contributed by atoms with Crippen molar-refractivity contribution in [1.82, 2.24) is 0 Å². The van der Waals surface area contributed by atoms with Gasteiger partial charge in [-0.05, 0) is 30.3 Å². The van der Waals surface area contributed by atoms with Gasteiger partial charge in [0.1, 0.15) is 17.5 Å². The summed E-state index contributed by atoms with van der Waals surface area (Å²) in [6, 6.07) is 4.56. The zero-order chi connectivity index (χ0) is 14.9. The lowest BCUT2D eigenvalue weighted by molar-refractivity contribution is 0.0697. The van der Waals surface area contributed by atoms with E-state index in [2.05, 4.69) is 0 Å². The van der Waals surface area contributed by atoms with Crippen LogP contribution in [0, 0.1) is 17.5 Å². The van der Waals surface area contributed by atoms with Gasteiger partial charge in [-0.1, -0.05) is 11.8 Å². The van der Waals surface area contributed by atoms with Gasteiger partial charge in [0.25, 0.3) is 0 Å². The molecular weight excluding hydrogens is 291 g/mol. The zero-order valence-corrected chi connectivity index (χ0v) is 10.7. The van der Waals surface area contributed by atoms with Gasteiger partial charge in [-0.2, -0.15) is 0 Å². The quantitative estimate of drug-likeness (QED) is 0.851. The van der Waals surface area contributed by atoms with Crippen LogP contribution >= 0.6 is 11.8 Å². The molecule has 0 saturated carbocycles. The first-order valence-corrected chi connectivity index (χ1v) is 6.15. The van der Waals surface area contributed by atoms with Crippen molar-refractivity contribution < 1.29 is 23.1 Å². The predicted molar refractivity (Wildman–Crippen MR) is 68.3 cm³/mol. The van der Waals surface area contributed by atoms with E-state index in [0.29, 0.717) is 11.8 Å². The fourth-order valence-electron chi connectivity index (χ4n) is 1.51. The van der Waals surface area contributed by atoms with E-state index in [9.17, 15) is 18.0 Å². The van der Waals surface area contributed by atoms with Gasteiger partial charge in [-0.15, -0.1) is 0 Å². The first-order valence-electron chi connectivity index (χ1n) is 5.33. The lowest BCUT2D eigenvalue weighted by Gasteiger charge is -2.08. The molecular formula is C13H8F3NO2S. The van der Waals surface area contributed by atoms with Gasteiger partial charge in [0, 0.05) is 10.6 Å². The Hall–Kier alpha value is -2.15. The number of anilines is 1. The molecule has 0 saturated heterocycles. The minimum Gasteiger partial charge on any atom is -0.478 e. The number of rotatable bonds is 3. The maximum atomic E-state index is 13.7. The van der Waals surface area contributed by atoms with E-state index in [1.54, 1.807) is 0 Å². The normalized spacial score (nSPS) is 10.6. The Kier molecular flexibility index (Phi) is 3.89. The van der Waals surface area contributed by atoms with Gasteiger partial charge in [0.15, 0.2) is 0 Å². The van der Waals surface area contributed by atoms with Crippen LogP contribution in [0.2, 0.25) is 0 Å². The number of halogens is 3. The van der Waals surface area contributed by atoms with Crippen molar-refractivity contribution in [1.29, 1.82) is 0 Å². The fraction of sp³-hybridized carbons (Fsp3) is 0. The number of carboxylic acid groups (broad SMARTS) is 1. The highest BCUT2D eigenvalue weighted by molar-refractivity contribution is 7.99. The minimum atomic E-state index is -1.33. The highest BCUT2D eigenvalue weighted by Gasteiger charge is 2.15. The van der Waals surface area contributed by atoms with Crippen molar-refractivity contribution in [2.45, 2.75) is 9.79 Å². The average Bonchev–Trinajstić information content (AvgIpc) is 2.36. The molecule has 0 fully saturated rings. The molecule has 2 aromatic carbocycles. The molecule has 3 nitrogen and oxygen atoms in total. The maximum Gasteiger partial charge on any atom is 0.337 e. The van der Waals surface area contributed by atoms with Crippen molar-refractivity contribution in [3.8, 4) is 0 Å². The maximum absolute atomic E-state index is 13.7. The third-order valence-corrected chi connectivity index (χ3v) is 3.51. The Balaban J connectivity index is 2.45. The molecule has 0 unspecified atom stereocenters. The molecule has 0 atom stereocenters. The van der Waals surface area contributed by atoms with Crippen molar-refractivity contribution >= 4 is 23.4 Å². The summed E-state index contributed by atoms with van der Waals surface area (Å²) in [7, 11) is 0. The molecule has 0 aliphatic carbocycles. The van der Waals surface area contributed by atoms with Gasteiger partial charge in [0.2, 0.25) is 0 Å². The summed E-state index contributed by atoms with van der Waals surface area (Å²) < 4.78 is 40.2. The predicted octanol–water partition coefficient (Wildman–Crippen LogP) is 3.54. The van der Waals surface area contributed by atoms with Crippen LogP contribution in [0.3, 0.4) is 0 Å². The number of hydrogen-bond acceptors (Lipinski definition) is 3. The number of carbonyl (C=O) groups is 1. The molecule has 0 spiro atoms. The van der Waals surface area contributed by atoms with E-state index in [-0.39, 0.29) is 21.0 Å². The smallest absolute Gasteiger partial charge is 0.337 e. The van der Waals surface area contributed by atoms with Crippen molar-refractivity contribution in [3.05, 3.63) is 53.3 Å². The van der Waals surface area contributed by atoms with Crippen molar-refractivity contribution in [2.75, 3.05) is 5.73 Å². The average molecular weight is 299 g/mol. The zero-order valence-electron chi connectivity index (χ0n) is 9.86. The Morgan fingerprint density at radius 1 is 1.05 bits per heavy atom. The second-order valence-corrected chi connectivity index (χ2v) is 4.94. The number of aromatic carboxylic acids is 1. The summed E-state index contributed by atoms with van der Waals surface area (Å²) >= 11 is 0.586. The number of carboxylic acids is 1. The van der Waals surface area contributed by atoms with Crippen molar-refractivity contribution in [3.63, 3.8) is 0 Å². The van der Waals surface area contributed by atoms with Gasteiger partial charge in [-0.3, -0.25) is 0 Å². The van der Waals surface area contributed by atoms with E-state index < -0.39 is 23.4 Å². The lowest BCUT2D eigenvalue weighted by atomic mass is 10.2. The number of hydrogen-bond donors (Lipinski definition) is 2. The molecule has 0 aliphatic heterocycles. The third-order valence-electron chi connectivity index (χ3n) is 2.45. The fourth-order valence-corrected chi connectivity index (χ4v) is 2.41. The van der Waals surface area contributed by atoms with Gasteiger partial charge >= 0.3 is 5.97 Å². The molecule has 0 aliphatic rings. The Bertz CT molecular complexity index is 692. The second kappa shape index (κ2) is 5.46. The molecule has 0 heterocycles. The SMILES string of the molecule is Nc1cc(F)c(Sc2cc(F)ccc2F)cc1C(=O)O. The molecule has 0 radical (unpaired) electrons. The molecule has 0 amide bonds. The van der Waals surface area contributed by atoms with Crippen LogP contribution in [0.1, 0.15) is 10.4 Å². The second-order valence-electron chi connectivity index (χ2n) is 3.85. The van der Waals surface area contributed by atoms with E-state index in [0.717, 1.165) is 30.3 Å². The Labute approximate surface area is 116 Å². The van der Waals surface area contributed by atoms with E-state index in [4.69, 9.17) is 10.8 Å². The van der Waals surface area contributed by atoms with E-state index in [1.165, 1.54) is 0 Å². The summed E-state index contributed by atoms with van der Waals surface area (Å²) in [5.74, 6) is -3.54. The van der Waals surface area contributed by atoms with Gasteiger partial charge < -0.3 is 10.8 Å². The summed E-state index contributed by atoms with van der Waals surface area (Å²) in [5, 5.41) is 8.90. The van der Waals surface area contributed by atoms with Crippen LogP contribution in [0.4, 0.5) is 18.9 Å². The largest absolute Gasteiger partial charge is 0.478 e. The van der Waals surface area contributed by atoms with Gasteiger partial charge in [0.05, 0.1) is 10.5 Å². The van der Waals surface area contributed by atoms with Crippen LogP contribution in [-0.4, -0.2) is 11.1 Å². The van der Waals surface area contributed by atoms with Crippen LogP contribution < -0.4 is 5.73 Å². The number of benzene rings is 2. The number of nitrogen functional groups attached to an aromatic ring is 1. The first kappa shape index (κ1) is 14.3. The molecule has 2 aromatic rings. The highest BCUT2D eigenvalue weighted by atomic mass is 32.2. The monoisotopic (exact) mass is 299 g/mol. The molecule has 0 bridgehead atoms. The van der Waals surface area contributed by atoms with Crippen LogP contribution in [-0.2, 0) is 0 Å². The summed E-state index contributed by atoms with van der Waals surface area (Å²) in [5.41, 5.74) is 4.84. The summed E-state index contributed by atoms with van der Waals surface area (Å²) in [6.07, 6.45) is 0. The molecule has 2 rings (SSSR count). The van der Waals surface area contributed by atoms with Gasteiger partial charge in [-0.25, -0.2) is 18.0 Å². The Morgan fingerprint density at radius 3 is 2.35 bits per heavy atom. The topological polar surface area (TPSA) is 63.3 Å². The molecule has 7 heteroatoms. The molecule has 104 valence electrons. The van der Waals surface area contributed by atoms with E-state index >= 15 is 0 Å². The minimum absolute atomic E-state index is 0.148. The summed E-state index contributed by atoms with van der Waals surface area (Å²) in [4.78, 5) is 10.6. The van der Waals surface area contributed by atoms with Crippen LogP contribution in [0.5, 0.6) is 0 Å². The number of nitrogens with two attached hydrogens (primary N) is 1. The third kappa shape index (κ3) is 2.88. The standard InChI is InChI=1S/C13H8F3NO2S/c14-6-1-2-8(15)11(3-6)20-12-4-7(13(18)19)10(17)5-9(12)16/h1-5H,17H2,(H,18,19). The van der Waals surface area contributed by atoms with E-state index in [1.807, 2.05) is 0 Å². The Morgan fingerprint density at radius 2 is 1.70 bits per heavy atom. The molecule has 20 heavy (non-hydrogen) atoms. The highest BCUT2D eigenvalue weighted by Crippen LogP contribution is 2.34. The lowest BCUT2D eigenvalue weighted by Crippen LogP contribution is -2.03. The first-order chi connectivity index (χ1) is 9.38.